The van der Waals surface area contributed by atoms with Crippen molar-refractivity contribution < 1.29 is 19.4 Å². The number of piperidine rings is 2. The Morgan fingerprint density at radius 3 is 2.96 bits per heavy atom. The van der Waals surface area contributed by atoms with E-state index in [1.165, 1.54) is 52.0 Å². The maximum absolute atomic E-state index is 12.0. The number of hydrogen-bond acceptors (Lipinski definition) is 5. The lowest BCUT2D eigenvalue weighted by atomic mass is 9.84. The van der Waals surface area contributed by atoms with Gasteiger partial charge in [0.1, 0.15) is 0 Å². The summed E-state index contributed by atoms with van der Waals surface area (Å²) >= 11 is 0. The molecule has 1 N–H and O–H groups in total. The zero-order valence-electron chi connectivity index (χ0n) is 14.8. The maximum Gasteiger partial charge on any atom is 0.330 e. The Kier molecular flexibility index (Phi) is 5.97. The molecule has 5 nitrogen and oxygen atoms in total. The summed E-state index contributed by atoms with van der Waals surface area (Å²) in [5, 5.41) is 9.59. The van der Waals surface area contributed by atoms with Gasteiger partial charge in [-0.3, -0.25) is 4.90 Å². The third-order valence-electron chi connectivity index (χ3n) is 5.28. The molecule has 0 amide bonds. The van der Waals surface area contributed by atoms with E-state index in [-0.39, 0.29) is 11.7 Å². The van der Waals surface area contributed by atoms with Crippen LogP contribution in [0.3, 0.4) is 0 Å². The fourth-order valence-electron chi connectivity index (χ4n) is 3.97. The zero-order valence-corrected chi connectivity index (χ0v) is 14.8. The molecule has 0 saturated carbocycles. The van der Waals surface area contributed by atoms with Gasteiger partial charge >= 0.3 is 5.97 Å². The van der Waals surface area contributed by atoms with Crippen LogP contribution < -0.4 is 4.74 Å². The fourth-order valence-corrected chi connectivity index (χ4v) is 3.97. The topological polar surface area (TPSA) is 59.0 Å². The molecule has 25 heavy (non-hydrogen) atoms. The van der Waals surface area contributed by atoms with E-state index >= 15 is 0 Å². The standard InChI is InChI=1S/C20H27NO4/c1-24-19-13-15(7-9-18(19)22)8-10-20(23)25-14-16-5-4-12-21-11-3-2-6-17(16)21/h7-10,13,16-17,22H,2-6,11-12,14H2,1H3/b10-8+/t16-,17+/m1/s1. The number of phenols is 1. The van der Waals surface area contributed by atoms with Crippen molar-refractivity contribution in [3.05, 3.63) is 29.8 Å². The molecule has 0 aromatic heterocycles. The average molecular weight is 345 g/mol. The van der Waals surface area contributed by atoms with Gasteiger partial charge in [0, 0.05) is 18.0 Å². The quantitative estimate of drug-likeness (QED) is 0.656. The number of rotatable bonds is 5. The number of carbonyl (C=O) groups is 1. The molecular formula is C20H27NO4. The monoisotopic (exact) mass is 345 g/mol. The first-order valence-corrected chi connectivity index (χ1v) is 9.13. The molecule has 2 heterocycles. The van der Waals surface area contributed by atoms with Crippen molar-refractivity contribution in [2.75, 3.05) is 26.8 Å². The largest absolute Gasteiger partial charge is 0.504 e. The summed E-state index contributed by atoms with van der Waals surface area (Å²) in [6.45, 7) is 2.89. The van der Waals surface area contributed by atoms with Gasteiger partial charge < -0.3 is 14.6 Å². The zero-order chi connectivity index (χ0) is 17.6. The smallest absolute Gasteiger partial charge is 0.330 e. The van der Waals surface area contributed by atoms with Crippen LogP contribution in [0.4, 0.5) is 0 Å². The van der Waals surface area contributed by atoms with Gasteiger partial charge in [0.2, 0.25) is 0 Å². The van der Waals surface area contributed by atoms with E-state index in [0.717, 1.165) is 12.0 Å². The Bertz CT molecular complexity index is 626. The van der Waals surface area contributed by atoms with Crippen molar-refractivity contribution in [2.45, 2.75) is 38.1 Å². The molecule has 2 aliphatic rings. The lowest BCUT2D eigenvalue weighted by molar-refractivity contribution is -0.140. The first-order chi connectivity index (χ1) is 12.2. The number of hydrogen-bond donors (Lipinski definition) is 1. The highest BCUT2D eigenvalue weighted by atomic mass is 16.5. The number of aromatic hydroxyl groups is 1. The number of benzene rings is 1. The lowest BCUT2D eigenvalue weighted by Gasteiger charge is -2.44. The van der Waals surface area contributed by atoms with Crippen molar-refractivity contribution in [2.24, 2.45) is 5.92 Å². The van der Waals surface area contributed by atoms with Crippen LogP contribution >= 0.6 is 0 Å². The second-order valence-electron chi connectivity index (χ2n) is 6.90. The number of fused-ring (bicyclic) bond motifs is 1. The number of ether oxygens (including phenoxy) is 2. The van der Waals surface area contributed by atoms with E-state index in [4.69, 9.17) is 9.47 Å². The van der Waals surface area contributed by atoms with Crippen molar-refractivity contribution in [1.82, 2.24) is 4.90 Å². The van der Waals surface area contributed by atoms with Gasteiger partial charge in [0.05, 0.1) is 13.7 Å². The van der Waals surface area contributed by atoms with E-state index in [9.17, 15) is 9.90 Å². The molecule has 0 bridgehead atoms. The molecule has 3 rings (SSSR count). The highest BCUT2D eigenvalue weighted by Gasteiger charge is 2.33. The van der Waals surface area contributed by atoms with Gasteiger partial charge in [0.15, 0.2) is 11.5 Å². The van der Waals surface area contributed by atoms with Crippen molar-refractivity contribution in [3.8, 4) is 11.5 Å². The van der Waals surface area contributed by atoms with Gasteiger partial charge in [-0.05, 0) is 62.5 Å². The molecule has 5 heteroatoms. The molecule has 2 fully saturated rings. The number of carbonyl (C=O) groups excluding carboxylic acids is 1. The Labute approximate surface area is 149 Å². The summed E-state index contributed by atoms with van der Waals surface area (Å²) in [5.41, 5.74) is 0.780. The summed E-state index contributed by atoms with van der Waals surface area (Å²) < 4.78 is 10.6. The van der Waals surface area contributed by atoms with Gasteiger partial charge in [-0.15, -0.1) is 0 Å². The van der Waals surface area contributed by atoms with Crippen molar-refractivity contribution in [1.29, 1.82) is 0 Å². The van der Waals surface area contributed by atoms with E-state index in [1.54, 1.807) is 24.3 Å². The predicted octanol–water partition coefficient (Wildman–Crippen LogP) is 3.22. The molecule has 0 unspecified atom stereocenters. The molecule has 0 spiro atoms. The van der Waals surface area contributed by atoms with Gasteiger partial charge in [-0.25, -0.2) is 4.79 Å². The first-order valence-electron chi connectivity index (χ1n) is 9.13. The molecule has 1 aromatic rings. The number of methoxy groups -OCH3 is 1. The number of phenolic OH excluding ortho intramolecular Hbond substituents is 1. The van der Waals surface area contributed by atoms with Gasteiger partial charge in [-0.1, -0.05) is 12.5 Å². The molecule has 2 aliphatic heterocycles. The first kappa shape index (κ1) is 17.8. The minimum absolute atomic E-state index is 0.0801. The molecule has 136 valence electrons. The van der Waals surface area contributed by atoms with E-state index in [0.29, 0.717) is 24.3 Å². The van der Waals surface area contributed by atoms with E-state index in [2.05, 4.69) is 4.90 Å². The predicted molar refractivity (Wildman–Crippen MR) is 96.6 cm³/mol. The second-order valence-corrected chi connectivity index (χ2v) is 6.90. The van der Waals surface area contributed by atoms with Crippen LogP contribution in [0.15, 0.2) is 24.3 Å². The van der Waals surface area contributed by atoms with Crippen LogP contribution in [-0.4, -0.2) is 48.8 Å². The van der Waals surface area contributed by atoms with Crippen LogP contribution in [0.25, 0.3) is 6.08 Å². The summed E-state index contributed by atoms with van der Waals surface area (Å²) in [6, 6.07) is 5.53. The fraction of sp³-hybridized carbons (Fsp3) is 0.550. The third-order valence-corrected chi connectivity index (χ3v) is 5.28. The Hall–Kier alpha value is -2.01. The SMILES string of the molecule is COc1cc(/C=C/C(=O)OC[C@H]2CCCN3CCCC[C@@H]23)ccc1O. The summed E-state index contributed by atoms with van der Waals surface area (Å²) in [7, 11) is 1.50. The number of esters is 1. The Morgan fingerprint density at radius 2 is 2.12 bits per heavy atom. The van der Waals surface area contributed by atoms with Crippen LogP contribution in [0.5, 0.6) is 11.5 Å². The average Bonchev–Trinajstić information content (AvgIpc) is 2.65. The van der Waals surface area contributed by atoms with E-state index < -0.39 is 0 Å². The normalized spacial score (nSPS) is 24.0. The van der Waals surface area contributed by atoms with Crippen LogP contribution in [0.2, 0.25) is 0 Å². The highest BCUT2D eigenvalue weighted by molar-refractivity contribution is 5.87. The molecule has 0 aliphatic carbocycles. The summed E-state index contributed by atoms with van der Waals surface area (Å²) in [4.78, 5) is 14.6. The van der Waals surface area contributed by atoms with Crippen molar-refractivity contribution in [3.63, 3.8) is 0 Å². The Balaban J connectivity index is 1.52. The minimum atomic E-state index is -0.319. The molecule has 2 atom stereocenters. The molecular weight excluding hydrogens is 318 g/mol. The van der Waals surface area contributed by atoms with Crippen LogP contribution in [0, 0.1) is 5.92 Å². The minimum Gasteiger partial charge on any atom is -0.504 e. The van der Waals surface area contributed by atoms with Crippen LogP contribution in [-0.2, 0) is 9.53 Å². The lowest BCUT2D eigenvalue weighted by Crippen LogP contribution is -2.49. The highest BCUT2D eigenvalue weighted by Crippen LogP contribution is 2.31. The molecule has 1 aromatic carbocycles. The second kappa shape index (κ2) is 8.39. The number of nitrogens with zero attached hydrogens (tertiary/aromatic N) is 1. The third kappa shape index (κ3) is 4.54. The summed E-state index contributed by atoms with van der Waals surface area (Å²) in [6.07, 6.45) is 9.27. The van der Waals surface area contributed by atoms with Gasteiger partial charge in [0.25, 0.3) is 0 Å². The summed E-state index contributed by atoms with van der Waals surface area (Å²) in [5.74, 6) is 0.604. The van der Waals surface area contributed by atoms with Crippen LogP contribution in [0.1, 0.15) is 37.7 Å². The maximum atomic E-state index is 12.0. The Morgan fingerprint density at radius 1 is 1.28 bits per heavy atom. The van der Waals surface area contributed by atoms with Gasteiger partial charge in [-0.2, -0.15) is 0 Å². The molecule has 2 saturated heterocycles. The molecule has 0 radical (unpaired) electrons. The van der Waals surface area contributed by atoms with Crippen molar-refractivity contribution >= 4 is 12.0 Å². The van der Waals surface area contributed by atoms with E-state index in [1.807, 2.05) is 0 Å².